The fourth-order valence-electron chi connectivity index (χ4n) is 1.16. The molecular weight excluding hydrogens is 122 g/mol. The maximum Gasteiger partial charge on any atom is 0.0912 e. The first-order valence-electron chi connectivity index (χ1n) is 3.68. The zero-order valence-electron chi connectivity index (χ0n) is 6.01. The van der Waals surface area contributed by atoms with Gasteiger partial charge in [-0.05, 0) is 31.8 Å². The van der Waals surface area contributed by atoms with Gasteiger partial charge in [0.2, 0.25) is 0 Å². The molecule has 0 spiro atoms. The molecule has 1 nitrogen and oxygen atoms in total. The first-order chi connectivity index (χ1) is 4.93. The monoisotopic (exact) mass is 133 g/mol. The van der Waals surface area contributed by atoms with Crippen LogP contribution >= 0.6 is 0 Å². The minimum absolute atomic E-state index is 1.15. The van der Waals surface area contributed by atoms with Gasteiger partial charge < -0.3 is 0 Å². The normalized spacial score (nSPS) is 18.5. The van der Waals surface area contributed by atoms with Crippen LogP contribution in [0.15, 0.2) is 23.8 Å². The molecular formula is C9H11N. The van der Waals surface area contributed by atoms with E-state index in [0.29, 0.717) is 0 Å². The van der Waals surface area contributed by atoms with Gasteiger partial charge in [-0.2, -0.15) is 5.26 Å². The molecule has 0 aromatic heterocycles. The maximum atomic E-state index is 8.23. The lowest BCUT2D eigenvalue weighted by Crippen LogP contribution is -1.87. The number of rotatable bonds is 1. The Kier molecular flexibility index (Phi) is 2.76. The summed E-state index contributed by atoms with van der Waals surface area (Å²) in [7, 11) is 0. The van der Waals surface area contributed by atoms with E-state index < -0.39 is 0 Å². The Morgan fingerprint density at radius 3 is 3.00 bits per heavy atom. The number of nitrogens with zero attached hydrogens (tertiary/aromatic N) is 1. The Morgan fingerprint density at radius 2 is 2.40 bits per heavy atom. The van der Waals surface area contributed by atoms with Gasteiger partial charge in [0, 0.05) is 6.08 Å². The molecule has 0 unspecified atom stereocenters. The average Bonchev–Trinajstić information content (AvgIpc) is 2.03. The van der Waals surface area contributed by atoms with Gasteiger partial charge in [-0.3, -0.25) is 0 Å². The summed E-state index contributed by atoms with van der Waals surface area (Å²) in [6.45, 7) is 0. The molecule has 0 fully saturated rings. The van der Waals surface area contributed by atoms with Crippen LogP contribution in [0, 0.1) is 11.3 Å². The average molecular weight is 133 g/mol. The predicted molar refractivity (Wildman–Crippen MR) is 41.3 cm³/mol. The van der Waals surface area contributed by atoms with Crippen molar-refractivity contribution in [1.29, 1.82) is 5.26 Å². The molecule has 52 valence electrons. The largest absolute Gasteiger partial charge is 0.193 e. The third kappa shape index (κ3) is 2.06. The highest BCUT2D eigenvalue weighted by atomic mass is 14.2. The molecule has 0 aromatic rings. The topological polar surface area (TPSA) is 23.8 Å². The Bertz CT molecular complexity index is 193. The standard InChI is InChI=1S/C9H11N/c10-8-4-7-9-5-2-1-3-6-9/h4-5,7H,1-3,6H2/b7-4+. The van der Waals surface area contributed by atoms with Crippen LogP contribution in [-0.4, -0.2) is 0 Å². The van der Waals surface area contributed by atoms with Crippen molar-refractivity contribution >= 4 is 0 Å². The third-order valence-corrected chi connectivity index (χ3v) is 1.70. The molecule has 0 aromatic carbocycles. The minimum Gasteiger partial charge on any atom is -0.193 e. The molecule has 1 heteroatoms. The molecule has 10 heavy (non-hydrogen) atoms. The van der Waals surface area contributed by atoms with Gasteiger partial charge in [-0.1, -0.05) is 11.6 Å². The van der Waals surface area contributed by atoms with Crippen LogP contribution in [0.25, 0.3) is 0 Å². The number of hydrogen-bond acceptors (Lipinski definition) is 1. The molecule has 0 saturated heterocycles. The van der Waals surface area contributed by atoms with Crippen molar-refractivity contribution in [1.82, 2.24) is 0 Å². The maximum absolute atomic E-state index is 8.23. The highest BCUT2D eigenvalue weighted by Gasteiger charge is 1.98. The SMILES string of the molecule is N#C/C=C/C1=CCCCC1. The Labute approximate surface area is 61.7 Å². The van der Waals surface area contributed by atoms with Crippen LogP contribution in [0.4, 0.5) is 0 Å². The van der Waals surface area contributed by atoms with Gasteiger partial charge in [-0.25, -0.2) is 0 Å². The zero-order valence-corrected chi connectivity index (χ0v) is 6.01. The summed E-state index contributed by atoms with van der Waals surface area (Å²) in [6, 6.07) is 1.99. The second-order valence-corrected chi connectivity index (χ2v) is 2.49. The van der Waals surface area contributed by atoms with E-state index in [1.54, 1.807) is 6.08 Å². The van der Waals surface area contributed by atoms with Crippen molar-refractivity contribution in [3.05, 3.63) is 23.8 Å². The first-order valence-corrected chi connectivity index (χ1v) is 3.68. The fourth-order valence-corrected chi connectivity index (χ4v) is 1.16. The summed E-state index contributed by atoms with van der Waals surface area (Å²) in [6.07, 6.45) is 10.6. The molecule has 0 aliphatic heterocycles. The lowest BCUT2D eigenvalue weighted by atomic mass is 9.99. The van der Waals surface area contributed by atoms with E-state index in [9.17, 15) is 0 Å². The summed E-state index contributed by atoms with van der Waals surface area (Å²) in [5.74, 6) is 0. The molecule has 1 aliphatic rings. The van der Waals surface area contributed by atoms with E-state index in [1.165, 1.54) is 24.8 Å². The Hall–Kier alpha value is -1.03. The lowest BCUT2D eigenvalue weighted by Gasteiger charge is -2.06. The second-order valence-electron chi connectivity index (χ2n) is 2.49. The van der Waals surface area contributed by atoms with Crippen molar-refractivity contribution in [2.75, 3.05) is 0 Å². The summed E-state index contributed by atoms with van der Waals surface area (Å²) in [5.41, 5.74) is 1.33. The van der Waals surface area contributed by atoms with Crippen molar-refractivity contribution in [2.45, 2.75) is 25.7 Å². The van der Waals surface area contributed by atoms with Crippen LogP contribution in [-0.2, 0) is 0 Å². The highest BCUT2D eigenvalue weighted by Crippen LogP contribution is 2.17. The lowest BCUT2D eigenvalue weighted by molar-refractivity contribution is 0.712. The van der Waals surface area contributed by atoms with E-state index in [1.807, 2.05) is 12.1 Å². The number of allylic oxidation sites excluding steroid dienone is 4. The van der Waals surface area contributed by atoms with Crippen LogP contribution in [0.3, 0.4) is 0 Å². The van der Waals surface area contributed by atoms with Crippen molar-refractivity contribution in [2.24, 2.45) is 0 Å². The molecule has 1 rings (SSSR count). The van der Waals surface area contributed by atoms with Crippen LogP contribution in [0.1, 0.15) is 25.7 Å². The molecule has 0 N–H and O–H groups in total. The van der Waals surface area contributed by atoms with E-state index in [2.05, 4.69) is 6.08 Å². The number of nitriles is 1. The van der Waals surface area contributed by atoms with E-state index in [4.69, 9.17) is 5.26 Å². The first kappa shape index (κ1) is 7.08. The molecule has 0 saturated carbocycles. The Balaban J connectivity index is 2.48. The number of hydrogen-bond donors (Lipinski definition) is 0. The molecule has 0 radical (unpaired) electrons. The summed E-state index contributed by atoms with van der Waals surface area (Å²) >= 11 is 0. The third-order valence-electron chi connectivity index (χ3n) is 1.70. The summed E-state index contributed by atoms with van der Waals surface area (Å²) in [4.78, 5) is 0. The predicted octanol–water partition coefficient (Wildman–Crippen LogP) is 2.57. The molecule has 0 heterocycles. The second kappa shape index (κ2) is 3.90. The van der Waals surface area contributed by atoms with Gasteiger partial charge in [0.05, 0.1) is 6.07 Å². The van der Waals surface area contributed by atoms with Gasteiger partial charge in [-0.15, -0.1) is 0 Å². The van der Waals surface area contributed by atoms with Gasteiger partial charge >= 0.3 is 0 Å². The highest BCUT2D eigenvalue weighted by molar-refractivity contribution is 5.23. The quantitative estimate of drug-likeness (QED) is 0.504. The summed E-state index contributed by atoms with van der Waals surface area (Å²) < 4.78 is 0. The Morgan fingerprint density at radius 1 is 1.50 bits per heavy atom. The smallest absolute Gasteiger partial charge is 0.0912 e. The molecule has 0 atom stereocenters. The van der Waals surface area contributed by atoms with E-state index in [-0.39, 0.29) is 0 Å². The van der Waals surface area contributed by atoms with Crippen LogP contribution in [0.5, 0.6) is 0 Å². The van der Waals surface area contributed by atoms with Crippen molar-refractivity contribution in [3.63, 3.8) is 0 Å². The summed E-state index contributed by atoms with van der Waals surface area (Å²) in [5, 5.41) is 8.23. The van der Waals surface area contributed by atoms with Gasteiger partial charge in [0.1, 0.15) is 0 Å². The minimum atomic E-state index is 1.15. The van der Waals surface area contributed by atoms with E-state index >= 15 is 0 Å². The molecule has 0 bridgehead atoms. The van der Waals surface area contributed by atoms with Crippen LogP contribution in [0.2, 0.25) is 0 Å². The van der Waals surface area contributed by atoms with Gasteiger partial charge in [0.15, 0.2) is 0 Å². The fraction of sp³-hybridized carbons (Fsp3) is 0.444. The molecule has 1 aliphatic carbocycles. The van der Waals surface area contributed by atoms with Crippen molar-refractivity contribution in [3.8, 4) is 6.07 Å². The zero-order chi connectivity index (χ0) is 7.23. The van der Waals surface area contributed by atoms with Gasteiger partial charge in [0.25, 0.3) is 0 Å². The van der Waals surface area contributed by atoms with Crippen LogP contribution < -0.4 is 0 Å². The molecule has 0 amide bonds. The van der Waals surface area contributed by atoms with Crippen molar-refractivity contribution < 1.29 is 0 Å². The van der Waals surface area contributed by atoms with E-state index in [0.717, 1.165) is 6.42 Å².